The van der Waals surface area contributed by atoms with E-state index in [1.54, 1.807) is 7.05 Å². The highest BCUT2D eigenvalue weighted by atomic mass is 16.3. The van der Waals surface area contributed by atoms with Gasteiger partial charge in [-0.15, -0.1) is 0 Å². The number of aromatic amines is 1. The van der Waals surface area contributed by atoms with E-state index in [-0.39, 0.29) is 24.4 Å². The first-order valence-corrected chi connectivity index (χ1v) is 6.66. The van der Waals surface area contributed by atoms with E-state index in [4.69, 9.17) is 5.11 Å². The fourth-order valence-electron chi connectivity index (χ4n) is 2.18. The van der Waals surface area contributed by atoms with Gasteiger partial charge in [-0.1, -0.05) is 13.3 Å². The fraction of sp³-hybridized carbons (Fsp3) is 0.583. The molecular formula is C12H19N5O3. The van der Waals surface area contributed by atoms with Gasteiger partial charge in [0.2, 0.25) is 0 Å². The molecule has 0 spiro atoms. The molecule has 0 saturated heterocycles. The van der Waals surface area contributed by atoms with Gasteiger partial charge in [-0.25, -0.2) is 4.79 Å². The Morgan fingerprint density at radius 2 is 2.05 bits per heavy atom. The second kappa shape index (κ2) is 5.91. The summed E-state index contributed by atoms with van der Waals surface area (Å²) in [6, 6.07) is 0. The third kappa shape index (κ3) is 2.22. The summed E-state index contributed by atoms with van der Waals surface area (Å²) in [4.78, 5) is 24.8. The number of aromatic nitrogens is 4. The number of hydrogen-bond donors (Lipinski definition) is 3. The summed E-state index contributed by atoms with van der Waals surface area (Å²) < 4.78 is 2.53. The molecule has 0 unspecified atom stereocenters. The molecule has 0 amide bonds. The molecule has 8 nitrogen and oxygen atoms in total. The lowest BCUT2D eigenvalue weighted by molar-refractivity contribution is 0.273. The van der Waals surface area contributed by atoms with Crippen LogP contribution in [0.4, 0.5) is 5.82 Å². The second-order valence-corrected chi connectivity index (χ2v) is 4.52. The summed E-state index contributed by atoms with van der Waals surface area (Å²) in [6.07, 6.45) is 1.63. The maximum absolute atomic E-state index is 12.4. The number of aliphatic hydroxyl groups excluding tert-OH is 1. The topological polar surface area (TPSA) is 105 Å². The number of anilines is 1. The molecule has 0 aliphatic heterocycles. The van der Waals surface area contributed by atoms with Gasteiger partial charge in [-0.05, 0) is 6.42 Å². The van der Waals surface area contributed by atoms with E-state index >= 15 is 0 Å². The largest absolute Gasteiger partial charge is 0.395 e. The van der Waals surface area contributed by atoms with Crippen molar-refractivity contribution in [2.24, 2.45) is 0 Å². The third-order valence-corrected chi connectivity index (χ3v) is 3.23. The molecule has 2 aromatic rings. The number of hydrogen-bond acceptors (Lipinski definition) is 5. The molecule has 0 fully saturated rings. The summed E-state index contributed by atoms with van der Waals surface area (Å²) >= 11 is 0. The predicted molar refractivity (Wildman–Crippen MR) is 76.2 cm³/mol. The average Bonchev–Trinajstić information content (AvgIpc) is 2.87. The quantitative estimate of drug-likeness (QED) is 0.675. The molecule has 0 aliphatic carbocycles. The van der Waals surface area contributed by atoms with Crippen LogP contribution in [0.25, 0.3) is 11.0 Å². The molecule has 3 N–H and O–H groups in total. The van der Waals surface area contributed by atoms with Gasteiger partial charge in [-0.3, -0.25) is 19.0 Å². The minimum absolute atomic E-state index is 0.107. The van der Waals surface area contributed by atoms with Gasteiger partial charge in [0.1, 0.15) is 11.2 Å². The van der Waals surface area contributed by atoms with E-state index in [9.17, 15) is 9.59 Å². The molecule has 0 radical (unpaired) electrons. The Bertz CT molecular complexity index is 712. The standard InChI is InChI=1S/C12H19N5O3/c1-3-4-5-17-11(19)8-9(13-2)14-15-10(8)16(6-7-18)12(17)20/h18H,3-7H2,1-2H3,(H2,13,14,15). The van der Waals surface area contributed by atoms with Gasteiger partial charge in [0.25, 0.3) is 5.56 Å². The van der Waals surface area contributed by atoms with Gasteiger partial charge in [0, 0.05) is 13.6 Å². The smallest absolute Gasteiger partial charge is 0.332 e. The first-order chi connectivity index (χ1) is 9.65. The average molecular weight is 281 g/mol. The van der Waals surface area contributed by atoms with Gasteiger partial charge in [0.05, 0.1) is 13.2 Å². The summed E-state index contributed by atoms with van der Waals surface area (Å²) in [5.74, 6) is 0.474. The Morgan fingerprint density at radius 1 is 1.30 bits per heavy atom. The number of rotatable bonds is 6. The molecule has 0 saturated carbocycles. The Labute approximate surface area is 115 Å². The van der Waals surface area contributed by atoms with Crippen LogP contribution in [0.2, 0.25) is 0 Å². The van der Waals surface area contributed by atoms with Gasteiger partial charge >= 0.3 is 5.69 Å². The van der Waals surface area contributed by atoms with Gasteiger partial charge in [-0.2, -0.15) is 5.10 Å². The highest BCUT2D eigenvalue weighted by Crippen LogP contribution is 2.14. The molecule has 20 heavy (non-hydrogen) atoms. The van der Waals surface area contributed by atoms with Crippen molar-refractivity contribution in [2.75, 3.05) is 19.0 Å². The third-order valence-electron chi connectivity index (χ3n) is 3.23. The van der Waals surface area contributed by atoms with E-state index < -0.39 is 5.69 Å². The van der Waals surface area contributed by atoms with Crippen molar-refractivity contribution in [1.82, 2.24) is 19.3 Å². The van der Waals surface area contributed by atoms with Crippen molar-refractivity contribution in [3.05, 3.63) is 20.8 Å². The summed E-state index contributed by atoms with van der Waals surface area (Å²) in [6.45, 7) is 2.27. The van der Waals surface area contributed by atoms with Crippen molar-refractivity contribution >= 4 is 16.9 Å². The number of aliphatic hydroxyl groups is 1. The Morgan fingerprint density at radius 3 is 2.65 bits per heavy atom. The minimum atomic E-state index is -0.431. The van der Waals surface area contributed by atoms with Crippen LogP contribution >= 0.6 is 0 Å². The lowest BCUT2D eigenvalue weighted by Gasteiger charge is -2.10. The SMILES string of the molecule is CCCCn1c(=O)c2c(NC)[nH]nc2n(CCO)c1=O. The van der Waals surface area contributed by atoms with E-state index in [2.05, 4.69) is 15.5 Å². The van der Waals surface area contributed by atoms with E-state index in [0.29, 0.717) is 17.7 Å². The Balaban J connectivity index is 2.78. The molecule has 0 atom stereocenters. The monoisotopic (exact) mass is 281 g/mol. The van der Waals surface area contributed by atoms with Crippen molar-refractivity contribution in [3.8, 4) is 0 Å². The van der Waals surface area contributed by atoms with Crippen LogP contribution < -0.4 is 16.6 Å². The van der Waals surface area contributed by atoms with Crippen LogP contribution in [0.3, 0.4) is 0 Å². The molecule has 2 rings (SSSR count). The van der Waals surface area contributed by atoms with E-state index in [1.165, 1.54) is 9.13 Å². The van der Waals surface area contributed by atoms with Crippen LogP contribution in [0.15, 0.2) is 9.59 Å². The number of nitrogens with one attached hydrogen (secondary N) is 2. The van der Waals surface area contributed by atoms with Crippen molar-refractivity contribution in [1.29, 1.82) is 0 Å². The summed E-state index contributed by atoms with van der Waals surface area (Å²) in [5, 5.41) is 19.0. The maximum atomic E-state index is 12.4. The minimum Gasteiger partial charge on any atom is -0.395 e. The van der Waals surface area contributed by atoms with Crippen LogP contribution in [-0.4, -0.2) is 38.1 Å². The first-order valence-electron chi connectivity index (χ1n) is 6.66. The Kier molecular flexibility index (Phi) is 4.23. The van der Waals surface area contributed by atoms with Gasteiger partial charge in [0.15, 0.2) is 5.65 Å². The number of unbranched alkanes of at least 4 members (excludes halogenated alkanes) is 1. The van der Waals surface area contributed by atoms with Crippen LogP contribution in [0, 0.1) is 0 Å². The molecule has 0 aromatic carbocycles. The van der Waals surface area contributed by atoms with E-state index in [0.717, 1.165) is 12.8 Å². The molecule has 8 heteroatoms. The maximum Gasteiger partial charge on any atom is 0.332 e. The lowest BCUT2D eigenvalue weighted by atomic mass is 10.3. The fourth-order valence-corrected chi connectivity index (χ4v) is 2.18. The Hall–Kier alpha value is -2.09. The zero-order chi connectivity index (χ0) is 14.7. The van der Waals surface area contributed by atoms with E-state index in [1.807, 2.05) is 6.92 Å². The first kappa shape index (κ1) is 14.3. The lowest BCUT2D eigenvalue weighted by Crippen LogP contribution is -2.40. The molecule has 2 aromatic heterocycles. The normalized spacial score (nSPS) is 11.2. The molecule has 110 valence electrons. The number of fused-ring (bicyclic) bond motifs is 1. The molecule has 0 bridgehead atoms. The van der Waals surface area contributed by atoms with Crippen LogP contribution in [-0.2, 0) is 13.1 Å². The molecular weight excluding hydrogens is 262 g/mol. The van der Waals surface area contributed by atoms with Crippen LogP contribution in [0.5, 0.6) is 0 Å². The predicted octanol–water partition coefficient (Wildman–Crippen LogP) is -0.280. The zero-order valence-corrected chi connectivity index (χ0v) is 11.6. The van der Waals surface area contributed by atoms with Crippen LogP contribution in [0.1, 0.15) is 19.8 Å². The van der Waals surface area contributed by atoms with Crippen molar-refractivity contribution < 1.29 is 5.11 Å². The second-order valence-electron chi connectivity index (χ2n) is 4.52. The number of nitrogens with zero attached hydrogens (tertiary/aromatic N) is 3. The zero-order valence-electron chi connectivity index (χ0n) is 11.6. The highest BCUT2D eigenvalue weighted by Gasteiger charge is 2.18. The molecule has 0 aliphatic rings. The highest BCUT2D eigenvalue weighted by molar-refractivity contribution is 5.86. The van der Waals surface area contributed by atoms with Crippen molar-refractivity contribution in [2.45, 2.75) is 32.9 Å². The number of H-pyrrole nitrogens is 1. The van der Waals surface area contributed by atoms with Gasteiger partial charge < -0.3 is 10.4 Å². The summed E-state index contributed by atoms with van der Waals surface area (Å²) in [5.41, 5.74) is -0.518. The summed E-state index contributed by atoms with van der Waals surface area (Å²) in [7, 11) is 1.67. The van der Waals surface area contributed by atoms with Crippen molar-refractivity contribution in [3.63, 3.8) is 0 Å². The molecule has 2 heterocycles.